The van der Waals surface area contributed by atoms with E-state index in [0.717, 1.165) is 22.3 Å². The number of ketones is 2. The van der Waals surface area contributed by atoms with Crippen LogP contribution in [0, 0.1) is 27.7 Å². The highest BCUT2D eigenvalue weighted by atomic mass is 16.5. The van der Waals surface area contributed by atoms with E-state index < -0.39 is 22.5 Å². The molecule has 0 atom stereocenters. The standard InChI is InChI=1S/C25H28N2O5.C16H18N2O3/c1-14(2)21-22(23(28)18-8-15(3)7-16(4)9-18)27(25(30)26-24(21)29)13-17-10-19(31-5)12-20(11-17)32-6;1-8(2)12-13(17-16(21)18-15(12)20)14(19)11-6-9(3)5-10(4)7-11/h7-12,14H,13H2,1-6H3,(H,26,29,30);5-8H,1-4H3,(H2,17,18,20,21). The molecule has 5 aromatic rings. The van der Waals surface area contributed by atoms with E-state index in [0.29, 0.717) is 33.8 Å². The van der Waals surface area contributed by atoms with Gasteiger partial charge in [-0.25, -0.2) is 9.59 Å². The zero-order valence-electron chi connectivity index (χ0n) is 31.8. The molecule has 12 heteroatoms. The first-order chi connectivity index (χ1) is 24.9. The van der Waals surface area contributed by atoms with Crippen molar-refractivity contribution in [1.82, 2.24) is 19.5 Å². The summed E-state index contributed by atoms with van der Waals surface area (Å²) in [5.41, 5.74) is 3.75. The summed E-state index contributed by atoms with van der Waals surface area (Å²) in [6.07, 6.45) is 0. The predicted octanol–water partition coefficient (Wildman–Crippen LogP) is 5.61. The third kappa shape index (κ3) is 9.26. The number of rotatable bonds is 10. The minimum Gasteiger partial charge on any atom is -0.497 e. The number of aromatic nitrogens is 4. The number of hydrogen-bond acceptors (Lipinski definition) is 8. The van der Waals surface area contributed by atoms with Gasteiger partial charge in [0.15, 0.2) is 0 Å². The molecule has 3 aromatic carbocycles. The van der Waals surface area contributed by atoms with Gasteiger partial charge in [-0.1, -0.05) is 62.1 Å². The zero-order valence-corrected chi connectivity index (χ0v) is 31.8. The molecule has 0 amide bonds. The van der Waals surface area contributed by atoms with Crippen LogP contribution in [0.5, 0.6) is 11.5 Å². The lowest BCUT2D eigenvalue weighted by atomic mass is 9.95. The lowest BCUT2D eigenvalue weighted by Gasteiger charge is -2.18. The summed E-state index contributed by atoms with van der Waals surface area (Å²) in [6, 6.07) is 16.2. The van der Waals surface area contributed by atoms with Crippen LogP contribution in [-0.2, 0) is 6.54 Å². The Morgan fingerprint density at radius 2 is 1.06 bits per heavy atom. The van der Waals surface area contributed by atoms with E-state index in [1.165, 1.54) is 18.8 Å². The van der Waals surface area contributed by atoms with Gasteiger partial charge in [0.1, 0.15) is 17.2 Å². The highest BCUT2D eigenvalue weighted by molar-refractivity contribution is 6.09. The van der Waals surface area contributed by atoms with Crippen molar-refractivity contribution in [3.8, 4) is 11.5 Å². The zero-order chi connectivity index (χ0) is 39.3. The molecule has 0 aliphatic heterocycles. The molecule has 0 unspecified atom stereocenters. The number of carbonyl (C=O) groups excluding carboxylic acids is 2. The van der Waals surface area contributed by atoms with Crippen LogP contribution in [0.2, 0.25) is 0 Å². The smallest absolute Gasteiger partial charge is 0.329 e. The van der Waals surface area contributed by atoms with Crippen molar-refractivity contribution < 1.29 is 19.1 Å². The molecule has 0 saturated carbocycles. The van der Waals surface area contributed by atoms with Gasteiger partial charge in [-0.05, 0) is 81.5 Å². The van der Waals surface area contributed by atoms with Gasteiger partial charge in [0.2, 0.25) is 11.6 Å². The predicted molar refractivity (Wildman–Crippen MR) is 205 cm³/mol. The first-order valence-corrected chi connectivity index (χ1v) is 17.1. The number of methoxy groups -OCH3 is 2. The number of aryl methyl sites for hydroxylation is 4. The molecule has 0 fully saturated rings. The van der Waals surface area contributed by atoms with E-state index in [-0.39, 0.29) is 46.9 Å². The summed E-state index contributed by atoms with van der Waals surface area (Å²) in [5.74, 6) is -0.0239. The van der Waals surface area contributed by atoms with E-state index in [9.17, 15) is 28.8 Å². The molecule has 0 spiro atoms. The van der Waals surface area contributed by atoms with Crippen molar-refractivity contribution in [1.29, 1.82) is 0 Å². The van der Waals surface area contributed by atoms with Gasteiger partial charge >= 0.3 is 11.4 Å². The monoisotopic (exact) mass is 722 g/mol. The number of carbonyl (C=O) groups is 2. The minimum absolute atomic E-state index is 0.0643. The van der Waals surface area contributed by atoms with Gasteiger partial charge in [-0.3, -0.25) is 33.7 Å². The van der Waals surface area contributed by atoms with Crippen LogP contribution in [0.25, 0.3) is 0 Å². The second-order valence-electron chi connectivity index (χ2n) is 13.7. The van der Waals surface area contributed by atoms with Crippen LogP contribution in [0.3, 0.4) is 0 Å². The van der Waals surface area contributed by atoms with Crippen molar-refractivity contribution in [3.05, 3.63) is 158 Å². The maximum absolute atomic E-state index is 13.7. The van der Waals surface area contributed by atoms with Crippen molar-refractivity contribution in [2.75, 3.05) is 14.2 Å². The van der Waals surface area contributed by atoms with Crippen LogP contribution in [0.15, 0.2) is 73.8 Å². The Hall–Kier alpha value is -6.04. The van der Waals surface area contributed by atoms with E-state index >= 15 is 0 Å². The van der Waals surface area contributed by atoms with Crippen LogP contribution in [-0.4, -0.2) is 45.3 Å². The fourth-order valence-electron chi connectivity index (χ4n) is 6.38. The van der Waals surface area contributed by atoms with Crippen molar-refractivity contribution in [3.63, 3.8) is 0 Å². The highest BCUT2D eigenvalue weighted by Gasteiger charge is 2.25. The third-order valence-corrected chi connectivity index (χ3v) is 8.53. The average Bonchev–Trinajstić information content (AvgIpc) is 3.07. The van der Waals surface area contributed by atoms with E-state index in [1.807, 2.05) is 53.7 Å². The van der Waals surface area contributed by atoms with Gasteiger partial charge < -0.3 is 14.5 Å². The fraction of sp³-hybridized carbons (Fsp3) is 0.317. The van der Waals surface area contributed by atoms with Crippen LogP contribution < -0.4 is 32.0 Å². The van der Waals surface area contributed by atoms with Crippen molar-refractivity contribution in [2.24, 2.45) is 0 Å². The van der Waals surface area contributed by atoms with Gasteiger partial charge in [0.25, 0.3) is 11.1 Å². The Balaban J connectivity index is 0.000000258. The summed E-state index contributed by atoms with van der Waals surface area (Å²) in [5, 5.41) is 0. The van der Waals surface area contributed by atoms with Gasteiger partial charge in [-0.15, -0.1) is 0 Å². The molecule has 0 aliphatic rings. The third-order valence-electron chi connectivity index (χ3n) is 8.53. The van der Waals surface area contributed by atoms with E-state index in [2.05, 4.69) is 15.0 Å². The van der Waals surface area contributed by atoms with Crippen molar-refractivity contribution in [2.45, 2.75) is 73.8 Å². The Labute approximate surface area is 306 Å². The van der Waals surface area contributed by atoms with Crippen LogP contribution in [0.4, 0.5) is 0 Å². The highest BCUT2D eigenvalue weighted by Crippen LogP contribution is 2.25. The number of hydrogen-bond donors (Lipinski definition) is 3. The number of H-pyrrole nitrogens is 3. The van der Waals surface area contributed by atoms with Crippen LogP contribution in [0.1, 0.15) is 111 Å². The van der Waals surface area contributed by atoms with Crippen LogP contribution >= 0.6 is 0 Å². The lowest BCUT2D eigenvalue weighted by molar-refractivity contribution is 0.102. The fourth-order valence-corrected chi connectivity index (χ4v) is 6.38. The summed E-state index contributed by atoms with van der Waals surface area (Å²) in [4.78, 5) is 82.4. The summed E-state index contributed by atoms with van der Waals surface area (Å²) < 4.78 is 12.0. The molecule has 278 valence electrons. The molecule has 2 aromatic heterocycles. The number of ether oxygens (including phenoxy) is 2. The molecule has 0 aliphatic carbocycles. The maximum Gasteiger partial charge on any atom is 0.329 e. The second-order valence-corrected chi connectivity index (χ2v) is 13.7. The normalized spacial score (nSPS) is 10.9. The number of benzene rings is 3. The summed E-state index contributed by atoms with van der Waals surface area (Å²) >= 11 is 0. The second kappa shape index (κ2) is 16.5. The van der Waals surface area contributed by atoms with Gasteiger partial charge in [0, 0.05) is 28.3 Å². The van der Waals surface area contributed by atoms with Gasteiger partial charge in [0.05, 0.1) is 26.5 Å². The summed E-state index contributed by atoms with van der Waals surface area (Å²) in [7, 11) is 3.08. The van der Waals surface area contributed by atoms with E-state index in [4.69, 9.17) is 9.47 Å². The quantitative estimate of drug-likeness (QED) is 0.156. The number of aromatic amines is 3. The first kappa shape index (κ1) is 39.7. The Morgan fingerprint density at radius 1 is 0.604 bits per heavy atom. The molecule has 5 rings (SSSR count). The van der Waals surface area contributed by atoms with Gasteiger partial charge in [-0.2, -0.15) is 0 Å². The summed E-state index contributed by atoms with van der Waals surface area (Å²) in [6.45, 7) is 14.9. The van der Waals surface area contributed by atoms with Crippen molar-refractivity contribution >= 4 is 11.6 Å². The number of nitrogens with zero attached hydrogens (tertiary/aromatic N) is 1. The molecular weight excluding hydrogens is 676 g/mol. The topological polar surface area (TPSA) is 173 Å². The molecule has 3 N–H and O–H groups in total. The molecule has 0 bridgehead atoms. The number of nitrogens with one attached hydrogen (secondary N) is 3. The molecular formula is C41H46N4O8. The largest absolute Gasteiger partial charge is 0.497 e. The van der Waals surface area contributed by atoms with E-state index in [1.54, 1.807) is 56.3 Å². The SMILES string of the molecule is COc1cc(Cn2c(C(=O)c3cc(C)cc(C)c3)c(C(C)C)c(=O)[nH]c2=O)cc(OC)c1.Cc1cc(C)cc(C(=O)c2[nH]c(=O)[nH]c(=O)c2C(C)C)c1. The lowest BCUT2D eigenvalue weighted by Crippen LogP contribution is -2.38. The average molecular weight is 723 g/mol. The molecule has 53 heavy (non-hydrogen) atoms. The minimum atomic E-state index is -0.669. The maximum atomic E-state index is 13.7. The molecule has 2 heterocycles. The Morgan fingerprint density at radius 3 is 1.51 bits per heavy atom. The Bertz CT molecular complexity index is 2370. The molecule has 12 nitrogen and oxygen atoms in total. The molecule has 0 radical (unpaired) electrons. The first-order valence-electron chi connectivity index (χ1n) is 17.1. The molecule has 0 saturated heterocycles. The Kier molecular flexibility index (Phi) is 12.4.